The van der Waals surface area contributed by atoms with E-state index in [0.29, 0.717) is 11.5 Å². The molecule has 0 aliphatic carbocycles. The minimum atomic E-state index is 0.00425. The van der Waals surface area contributed by atoms with Gasteiger partial charge in [0.15, 0.2) is 0 Å². The predicted octanol–water partition coefficient (Wildman–Crippen LogP) is 0.252. The molecule has 0 spiro atoms. The largest absolute Gasteiger partial charge is 0.396 e. The van der Waals surface area contributed by atoms with Gasteiger partial charge in [-0.1, -0.05) is 12.2 Å². The van der Waals surface area contributed by atoms with Crippen LogP contribution < -0.4 is 11.5 Å². The molecule has 1 heterocycles. The van der Waals surface area contributed by atoms with Crippen molar-refractivity contribution in [1.29, 1.82) is 0 Å². The molecule has 0 fully saturated rings. The fourth-order valence-electron chi connectivity index (χ4n) is 0.789. The molecule has 0 aliphatic rings. The van der Waals surface area contributed by atoms with Gasteiger partial charge in [0.05, 0.1) is 12.3 Å². The fourth-order valence-corrected chi connectivity index (χ4v) is 0.789. The van der Waals surface area contributed by atoms with Gasteiger partial charge in [-0.2, -0.15) is 0 Å². The summed E-state index contributed by atoms with van der Waals surface area (Å²) in [4.78, 5) is 3.85. The van der Waals surface area contributed by atoms with Crippen LogP contribution in [0.4, 0.5) is 11.5 Å². The second-order valence-electron chi connectivity index (χ2n) is 2.33. The van der Waals surface area contributed by atoms with Gasteiger partial charge in [-0.15, -0.1) is 0 Å². The lowest BCUT2D eigenvalue weighted by Gasteiger charge is -1.98. The van der Waals surface area contributed by atoms with Crippen molar-refractivity contribution in [3.05, 3.63) is 23.9 Å². The van der Waals surface area contributed by atoms with Crippen LogP contribution in [-0.4, -0.2) is 16.7 Å². The predicted molar refractivity (Wildman–Crippen MR) is 49.2 cm³/mol. The van der Waals surface area contributed by atoms with E-state index in [-0.39, 0.29) is 6.61 Å². The first-order chi connectivity index (χ1) is 5.74. The molecule has 4 heteroatoms. The standard InChI is InChI=1S/C8H11N3O/c9-7-4-6(2-1-3-12)5-11-8(7)10/h1-2,4-5,12H,3,9H2,(H2,10,11). The number of aliphatic hydroxyl groups excluding tert-OH is 1. The van der Waals surface area contributed by atoms with Gasteiger partial charge in [0.25, 0.3) is 0 Å². The van der Waals surface area contributed by atoms with Crippen molar-refractivity contribution < 1.29 is 5.11 Å². The lowest BCUT2D eigenvalue weighted by molar-refractivity contribution is 0.343. The van der Waals surface area contributed by atoms with E-state index in [1.165, 1.54) is 0 Å². The third-order valence-corrected chi connectivity index (χ3v) is 1.39. The van der Waals surface area contributed by atoms with Gasteiger partial charge < -0.3 is 16.6 Å². The number of pyridine rings is 1. The minimum absolute atomic E-state index is 0.00425. The summed E-state index contributed by atoms with van der Waals surface area (Å²) in [7, 11) is 0. The van der Waals surface area contributed by atoms with Crippen LogP contribution in [0.1, 0.15) is 5.56 Å². The summed E-state index contributed by atoms with van der Waals surface area (Å²) in [6.45, 7) is 0.00425. The van der Waals surface area contributed by atoms with Gasteiger partial charge in [0.2, 0.25) is 0 Å². The normalized spacial score (nSPS) is 10.8. The van der Waals surface area contributed by atoms with Crippen molar-refractivity contribution in [2.75, 3.05) is 18.1 Å². The van der Waals surface area contributed by atoms with Crippen molar-refractivity contribution in [3.63, 3.8) is 0 Å². The summed E-state index contributed by atoms with van der Waals surface area (Å²) in [6, 6.07) is 1.70. The Morgan fingerprint density at radius 3 is 2.83 bits per heavy atom. The Morgan fingerprint density at radius 2 is 2.25 bits per heavy atom. The van der Waals surface area contributed by atoms with Crippen molar-refractivity contribution in [3.8, 4) is 0 Å². The summed E-state index contributed by atoms with van der Waals surface area (Å²) in [6.07, 6.45) is 4.92. The maximum absolute atomic E-state index is 8.49. The van der Waals surface area contributed by atoms with Crippen LogP contribution in [0.25, 0.3) is 6.08 Å². The highest BCUT2D eigenvalue weighted by Gasteiger charge is 1.94. The van der Waals surface area contributed by atoms with Crippen LogP contribution >= 0.6 is 0 Å². The van der Waals surface area contributed by atoms with Crippen LogP contribution in [0.5, 0.6) is 0 Å². The summed E-state index contributed by atoms with van der Waals surface area (Å²) in [5.41, 5.74) is 12.2. The van der Waals surface area contributed by atoms with Crippen LogP contribution in [0, 0.1) is 0 Å². The van der Waals surface area contributed by atoms with Gasteiger partial charge in [-0.05, 0) is 11.6 Å². The highest BCUT2D eigenvalue weighted by Crippen LogP contribution is 2.13. The van der Waals surface area contributed by atoms with E-state index < -0.39 is 0 Å². The Labute approximate surface area is 70.5 Å². The number of hydrogen-bond donors (Lipinski definition) is 3. The van der Waals surface area contributed by atoms with Gasteiger partial charge >= 0.3 is 0 Å². The van der Waals surface area contributed by atoms with E-state index in [2.05, 4.69) is 4.98 Å². The molecular formula is C8H11N3O. The van der Waals surface area contributed by atoms with Crippen LogP contribution in [0.3, 0.4) is 0 Å². The Balaban J connectivity index is 2.89. The number of nitrogens with two attached hydrogens (primary N) is 2. The van der Waals surface area contributed by atoms with Crippen molar-refractivity contribution in [2.24, 2.45) is 0 Å². The molecule has 0 radical (unpaired) electrons. The van der Waals surface area contributed by atoms with Crippen molar-refractivity contribution >= 4 is 17.6 Å². The minimum Gasteiger partial charge on any atom is -0.396 e. The van der Waals surface area contributed by atoms with E-state index in [4.69, 9.17) is 16.6 Å². The Kier molecular flexibility index (Phi) is 2.66. The second kappa shape index (κ2) is 3.73. The van der Waals surface area contributed by atoms with Crippen LogP contribution in [-0.2, 0) is 0 Å². The summed E-state index contributed by atoms with van der Waals surface area (Å²) in [5.74, 6) is 0.330. The van der Waals surface area contributed by atoms with Gasteiger partial charge in [-0.3, -0.25) is 0 Å². The first-order valence-corrected chi connectivity index (χ1v) is 3.52. The van der Waals surface area contributed by atoms with Crippen molar-refractivity contribution in [2.45, 2.75) is 0 Å². The zero-order valence-electron chi connectivity index (χ0n) is 6.57. The first kappa shape index (κ1) is 8.55. The van der Waals surface area contributed by atoms with E-state index in [9.17, 15) is 0 Å². The lowest BCUT2D eigenvalue weighted by Crippen LogP contribution is -1.97. The molecule has 1 rings (SSSR count). The van der Waals surface area contributed by atoms with E-state index in [1.807, 2.05) is 0 Å². The molecule has 5 N–H and O–H groups in total. The van der Waals surface area contributed by atoms with Crippen LogP contribution in [0.2, 0.25) is 0 Å². The average molecular weight is 165 g/mol. The lowest BCUT2D eigenvalue weighted by atomic mass is 10.2. The number of nitrogen functional groups attached to an aromatic ring is 2. The number of rotatable bonds is 2. The highest BCUT2D eigenvalue weighted by molar-refractivity contribution is 5.63. The molecule has 0 amide bonds. The topological polar surface area (TPSA) is 85.2 Å². The molecule has 12 heavy (non-hydrogen) atoms. The van der Waals surface area contributed by atoms with Gasteiger partial charge in [-0.25, -0.2) is 4.98 Å². The molecule has 0 atom stereocenters. The quantitative estimate of drug-likeness (QED) is 0.586. The molecule has 64 valence electrons. The third-order valence-electron chi connectivity index (χ3n) is 1.39. The molecule has 1 aromatic rings. The summed E-state index contributed by atoms with van der Waals surface area (Å²) < 4.78 is 0. The molecular weight excluding hydrogens is 154 g/mol. The summed E-state index contributed by atoms with van der Waals surface area (Å²) in [5, 5.41) is 8.49. The molecule has 0 bridgehead atoms. The SMILES string of the molecule is Nc1cc(C=CCO)cnc1N. The molecule has 4 nitrogen and oxygen atoms in total. The van der Waals surface area contributed by atoms with E-state index >= 15 is 0 Å². The highest BCUT2D eigenvalue weighted by atomic mass is 16.2. The molecule has 0 saturated carbocycles. The molecule has 1 aromatic heterocycles. The second-order valence-corrected chi connectivity index (χ2v) is 2.33. The zero-order chi connectivity index (χ0) is 8.97. The molecule has 0 aliphatic heterocycles. The van der Waals surface area contributed by atoms with E-state index in [1.54, 1.807) is 24.4 Å². The Bertz CT molecular complexity index is 296. The molecule has 0 unspecified atom stereocenters. The number of aromatic nitrogens is 1. The number of nitrogens with zero attached hydrogens (tertiary/aromatic N) is 1. The number of hydrogen-bond acceptors (Lipinski definition) is 4. The maximum atomic E-state index is 8.49. The van der Waals surface area contributed by atoms with E-state index in [0.717, 1.165) is 5.56 Å². The smallest absolute Gasteiger partial charge is 0.146 e. The van der Waals surface area contributed by atoms with Gasteiger partial charge in [0.1, 0.15) is 5.82 Å². The monoisotopic (exact) mass is 165 g/mol. The van der Waals surface area contributed by atoms with Crippen LogP contribution in [0.15, 0.2) is 18.3 Å². The summed E-state index contributed by atoms with van der Waals surface area (Å²) >= 11 is 0. The Morgan fingerprint density at radius 1 is 1.50 bits per heavy atom. The average Bonchev–Trinajstić information content (AvgIpc) is 2.07. The fraction of sp³-hybridized carbons (Fsp3) is 0.125. The number of aliphatic hydroxyl groups is 1. The zero-order valence-corrected chi connectivity index (χ0v) is 6.57. The molecule has 0 aromatic carbocycles. The first-order valence-electron chi connectivity index (χ1n) is 3.52. The maximum Gasteiger partial charge on any atom is 0.146 e. The van der Waals surface area contributed by atoms with Crippen molar-refractivity contribution in [1.82, 2.24) is 4.98 Å². The molecule has 0 saturated heterocycles. The number of anilines is 2. The third kappa shape index (κ3) is 1.96. The van der Waals surface area contributed by atoms with Gasteiger partial charge in [0, 0.05) is 6.20 Å². The Hall–Kier alpha value is -1.55.